The van der Waals surface area contributed by atoms with Gasteiger partial charge in [0.15, 0.2) is 5.13 Å². The number of rotatable bonds is 9. The van der Waals surface area contributed by atoms with Gasteiger partial charge in [-0.15, -0.1) is 11.3 Å². The Morgan fingerprint density at radius 3 is 2.88 bits per heavy atom. The highest BCUT2D eigenvalue weighted by molar-refractivity contribution is 7.15. The van der Waals surface area contributed by atoms with Gasteiger partial charge in [0.1, 0.15) is 17.4 Å². The summed E-state index contributed by atoms with van der Waals surface area (Å²) in [5.74, 6) is 0.106. The molecule has 1 N–H and O–H groups in total. The molecule has 0 saturated heterocycles. The van der Waals surface area contributed by atoms with E-state index in [1.165, 1.54) is 17.4 Å². The highest BCUT2D eigenvalue weighted by atomic mass is 35.5. The third-order valence-electron chi connectivity index (χ3n) is 4.49. The lowest BCUT2D eigenvalue weighted by Gasteiger charge is -2.09. The molecule has 0 bridgehead atoms. The average Bonchev–Trinajstić information content (AvgIpc) is 3.22. The summed E-state index contributed by atoms with van der Waals surface area (Å²) in [6.45, 7) is 2.66. The third-order valence-corrected chi connectivity index (χ3v) is 6.00. The number of unbranched alkanes of at least 4 members (excludes halogenated alkanes) is 1. The zero-order chi connectivity index (χ0) is 22.9. The van der Waals surface area contributed by atoms with E-state index >= 15 is 0 Å². The second kappa shape index (κ2) is 11.7. The maximum atomic E-state index is 12.7. The summed E-state index contributed by atoms with van der Waals surface area (Å²) < 4.78 is 5.78. The molecule has 0 unspecified atom stereocenters. The highest BCUT2D eigenvalue weighted by Crippen LogP contribution is 2.27. The summed E-state index contributed by atoms with van der Waals surface area (Å²) in [4.78, 5) is 17.8. The van der Waals surface area contributed by atoms with E-state index in [4.69, 9.17) is 27.9 Å². The first-order chi connectivity index (χ1) is 15.5. The first kappa shape index (κ1) is 23.8. The maximum absolute atomic E-state index is 12.7. The first-order valence-corrected chi connectivity index (χ1v) is 11.6. The minimum absolute atomic E-state index is 0.0359. The van der Waals surface area contributed by atoms with Gasteiger partial charge in [-0.05, 0) is 42.3 Å². The molecule has 164 valence electrons. The topological polar surface area (TPSA) is 75.0 Å². The number of para-hydroxylation sites is 1. The number of amides is 1. The zero-order valence-electron chi connectivity index (χ0n) is 17.4. The monoisotopic (exact) mass is 485 g/mol. The van der Waals surface area contributed by atoms with Crippen LogP contribution in [-0.4, -0.2) is 17.5 Å². The van der Waals surface area contributed by atoms with Crippen LogP contribution in [0.5, 0.6) is 5.75 Å². The molecule has 0 atom stereocenters. The Morgan fingerprint density at radius 1 is 1.28 bits per heavy atom. The number of carbonyl (C=O) groups excluding carboxylic acids is 1. The number of hydrogen-bond acceptors (Lipinski definition) is 5. The number of nitriles is 1. The van der Waals surface area contributed by atoms with Crippen LogP contribution in [0.1, 0.15) is 35.8 Å². The van der Waals surface area contributed by atoms with E-state index in [9.17, 15) is 10.1 Å². The molecule has 0 aliphatic carbocycles. The molecule has 32 heavy (non-hydrogen) atoms. The van der Waals surface area contributed by atoms with Crippen molar-refractivity contribution in [2.75, 3.05) is 11.9 Å². The van der Waals surface area contributed by atoms with Gasteiger partial charge in [-0.2, -0.15) is 5.26 Å². The number of halogens is 2. The van der Waals surface area contributed by atoms with Crippen LogP contribution in [-0.2, 0) is 11.2 Å². The van der Waals surface area contributed by atoms with Crippen LogP contribution in [0.25, 0.3) is 6.08 Å². The van der Waals surface area contributed by atoms with Crippen molar-refractivity contribution in [2.45, 2.75) is 26.2 Å². The smallest absolute Gasteiger partial charge is 0.268 e. The quantitative estimate of drug-likeness (QED) is 0.206. The molecule has 0 aliphatic heterocycles. The molecule has 0 radical (unpaired) electrons. The van der Waals surface area contributed by atoms with Gasteiger partial charge in [0, 0.05) is 33.1 Å². The zero-order valence-corrected chi connectivity index (χ0v) is 19.7. The first-order valence-electron chi connectivity index (χ1n) is 10.0. The van der Waals surface area contributed by atoms with E-state index in [0.717, 1.165) is 23.3 Å². The fourth-order valence-electron chi connectivity index (χ4n) is 2.84. The summed E-state index contributed by atoms with van der Waals surface area (Å²) in [6, 6.07) is 14.6. The van der Waals surface area contributed by atoms with Crippen molar-refractivity contribution in [2.24, 2.45) is 0 Å². The molecule has 1 aromatic heterocycles. The largest absolute Gasteiger partial charge is 0.493 e. The van der Waals surface area contributed by atoms with Crippen molar-refractivity contribution in [3.63, 3.8) is 0 Å². The van der Waals surface area contributed by atoms with Gasteiger partial charge in [-0.25, -0.2) is 4.98 Å². The van der Waals surface area contributed by atoms with E-state index in [1.54, 1.807) is 24.4 Å². The molecule has 3 aromatic rings. The number of hydrogen-bond donors (Lipinski definition) is 1. The number of benzene rings is 2. The molecule has 0 aliphatic rings. The van der Waals surface area contributed by atoms with Crippen LogP contribution in [0.3, 0.4) is 0 Å². The van der Waals surface area contributed by atoms with Gasteiger partial charge in [0.05, 0.1) is 6.61 Å². The van der Waals surface area contributed by atoms with Gasteiger partial charge in [-0.3, -0.25) is 10.1 Å². The molecular weight excluding hydrogens is 465 g/mol. The predicted molar refractivity (Wildman–Crippen MR) is 130 cm³/mol. The number of anilines is 1. The van der Waals surface area contributed by atoms with E-state index < -0.39 is 5.91 Å². The minimum Gasteiger partial charge on any atom is -0.493 e. The standard InChI is InChI=1S/C24H21Cl2N3O2S/c1-2-3-10-31-22-7-5-4-6-16(22)11-18(14-27)23(30)29-24-28-15-20(32-24)13-17-12-19(25)8-9-21(17)26/h4-9,11-12,15H,2-3,10,13H2,1H3,(H,28,29,30)/b18-11+. The third kappa shape index (κ3) is 6.57. The molecule has 8 heteroatoms. The van der Waals surface area contributed by atoms with Gasteiger partial charge in [0.25, 0.3) is 5.91 Å². The van der Waals surface area contributed by atoms with Crippen molar-refractivity contribution < 1.29 is 9.53 Å². The molecule has 1 amide bonds. The van der Waals surface area contributed by atoms with Gasteiger partial charge in [-0.1, -0.05) is 54.7 Å². The predicted octanol–water partition coefficient (Wildman–Crippen LogP) is 6.77. The van der Waals surface area contributed by atoms with Crippen molar-refractivity contribution in [3.05, 3.63) is 80.3 Å². The summed E-state index contributed by atoms with van der Waals surface area (Å²) in [7, 11) is 0. The fourth-order valence-corrected chi connectivity index (χ4v) is 4.05. The molecule has 1 heterocycles. The van der Waals surface area contributed by atoms with E-state index in [-0.39, 0.29) is 5.57 Å². The Balaban J connectivity index is 1.71. The SMILES string of the molecule is CCCCOc1ccccc1/C=C(\C#N)C(=O)Nc1ncc(Cc2cc(Cl)ccc2Cl)s1. The number of ether oxygens (including phenoxy) is 1. The summed E-state index contributed by atoms with van der Waals surface area (Å²) >= 11 is 13.6. The summed E-state index contributed by atoms with van der Waals surface area (Å²) in [5, 5.41) is 13.8. The summed E-state index contributed by atoms with van der Waals surface area (Å²) in [5.41, 5.74) is 1.51. The molecule has 0 spiro atoms. The van der Waals surface area contributed by atoms with Crippen molar-refractivity contribution in [3.8, 4) is 11.8 Å². The van der Waals surface area contributed by atoms with E-state index in [1.807, 2.05) is 30.3 Å². The van der Waals surface area contributed by atoms with Crippen LogP contribution in [0.2, 0.25) is 10.0 Å². The molecule has 0 fully saturated rings. The summed E-state index contributed by atoms with van der Waals surface area (Å²) in [6.07, 6.45) is 5.68. The number of nitrogens with zero attached hydrogens (tertiary/aromatic N) is 2. The molecule has 5 nitrogen and oxygen atoms in total. The molecule has 2 aromatic carbocycles. The lowest BCUT2D eigenvalue weighted by atomic mass is 10.1. The van der Waals surface area contributed by atoms with Crippen LogP contribution >= 0.6 is 34.5 Å². The van der Waals surface area contributed by atoms with Crippen molar-refractivity contribution in [1.29, 1.82) is 5.26 Å². The normalized spacial score (nSPS) is 11.1. The Labute approximate surface area is 201 Å². The lowest BCUT2D eigenvalue weighted by molar-refractivity contribution is -0.112. The van der Waals surface area contributed by atoms with Gasteiger partial charge < -0.3 is 4.74 Å². The van der Waals surface area contributed by atoms with Crippen molar-refractivity contribution in [1.82, 2.24) is 4.98 Å². The second-order valence-corrected chi connectivity index (χ2v) is 8.87. The molecule has 3 rings (SSSR count). The van der Waals surface area contributed by atoms with Crippen LogP contribution in [0.15, 0.2) is 54.2 Å². The Bertz CT molecular complexity index is 1170. The van der Waals surface area contributed by atoms with E-state index in [0.29, 0.717) is 39.5 Å². The average molecular weight is 486 g/mol. The Hall–Kier alpha value is -2.85. The number of thiazole rings is 1. The highest BCUT2D eigenvalue weighted by Gasteiger charge is 2.14. The minimum atomic E-state index is -0.530. The molecular formula is C24H21Cl2N3O2S. The number of aromatic nitrogens is 1. The lowest BCUT2D eigenvalue weighted by Crippen LogP contribution is -2.13. The maximum Gasteiger partial charge on any atom is 0.268 e. The Kier molecular flexibility index (Phi) is 8.69. The molecule has 0 saturated carbocycles. The van der Waals surface area contributed by atoms with Gasteiger partial charge >= 0.3 is 0 Å². The fraction of sp³-hybridized carbons (Fsp3) is 0.208. The van der Waals surface area contributed by atoms with E-state index in [2.05, 4.69) is 17.2 Å². The number of carbonyl (C=O) groups is 1. The van der Waals surface area contributed by atoms with Crippen molar-refractivity contribution >= 4 is 51.7 Å². The van der Waals surface area contributed by atoms with Crippen LogP contribution in [0, 0.1) is 11.3 Å². The van der Waals surface area contributed by atoms with Crippen LogP contribution in [0.4, 0.5) is 5.13 Å². The second-order valence-electron chi connectivity index (χ2n) is 6.91. The Morgan fingerprint density at radius 2 is 2.09 bits per heavy atom. The number of nitrogens with one attached hydrogen (secondary N) is 1. The van der Waals surface area contributed by atoms with Crippen LogP contribution < -0.4 is 10.1 Å². The van der Waals surface area contributed by atoms with Gasteiger partial charge in [0.2, 0.25) is 0 Å².